The lowest BCUT2D eigenvalue weighted by Gasteiger charge is -2.59. The summed E-state index contributed by atoms with van der Waals surface area (Å²) >= 11 is 4.51. The van der Waals surface area contributed by atoms with Crippen molar-refractivity contribution in [2.24, 2.45) is 39.9 Å². The number of fused-ring (bicyclic) bond motifs is 5. The van der Waals surface area contributed by atoms with Gasteiger partial charge >= 0.3 is 0 Å². The Bertz CT molecular complexity index is 705. The first-order chi connectivity index (χ1) is 13.8. The van der Waals surface area contributed by atoms with Gasteiger partial charge in [0.05, 0.1) is 4.58 Å². The van der Waals surface area contributed by atoms with Crippen LogP contribution in [0.3, 0.4) is 0 Å². The summed E-state index contributed by atoms with van der Waals surface area (Å²) in [7, 11) is 0. The molecule has 1 heterocycles. The lowest BCUT2D eigenvalue weighted by molar-refractivity contribution is -0.117. The first-order valence-electron chi connectivity index (χ1n) is 12.2. The molecular formula is C26H40OS2. The van der Waals surface area contributed by atoms with E-state index in [-0.39, 0.29) is 0 Å². The Morgan fingerprint density at radius 2 is 1.72 bits per heavy atom. The molecule has 1 nitrogen and oxygen atoms in total. The van der Waals surface area contributed by atoms with Gasteiger partial charge < -0.3 is 0 Å². The van der Waals surface area contributed by atoms with E-state index in [4.69, 9.17) is 0 Å². The lowest BCUT2D eigenvalue weighted by atomic mass is 9.46. The number of hydrogen-bond acceptors (Lipinski definition) is 3. The van der Waals surface area contributed by atoms with Gasteiger partial charge in [0.15, 0.2) is 5.78 Å². The van der Waals surface area contributed by atoms with Crippen molar-refractivity contribution < 1.29 is 4.79 Å². The second kappa shape index (κ2) is 7.32. The maximum atomic E-state index is 12.1. The summed E-state index contributed by atoms with van der Waals surface area (Å²) in [6.07, 6.45) is 13.6. The van der Waals surface area contributed by atoms with E-state index in [1.165, 1.54) is 62.0 Å². The van der Waals surface area contributed by atoms with Crippen molar-refractivity contribution >= 4 is 29.3 Å². The van der Waals surface area contributed by atoms with E-state index in [1.807, 2.05) is 0 Å². The molecular weight excluding hydrogens is 392 g/mol. The van der Waals surface area contributed by atoms with E-state index in [0.29, 0.717) is 22.0 Å². The molecule has 0 bridgehead atoms. The summed E-state index contributed by atoms with van der Waals surface area (Å²) in [4.78, 5) is 12.1. The molecule has 5 rings (SSSR count). The van der Waals surface area contributed by atoms with Gasteiger partial charge in [-0.3, -0.25) is 4.79 Å². The fourth-order valence-corrected chi connectivity index (χ4v) is 12.2. The van der Waals surface area contributed by atoms with Crippen molar-refractivity contribution in [3.8, 4) is 0 Å². The lowest BCUT2D eigenvalue weighted by Crippen LogP contribution is -2.52. The van der Waals surface area contributed by atoms with Crippen LogP contribution in [0.4, 0.5) is 0 Å². The van der Waals surface area contributed by atoms with Crippen LogP contribution in [0.25, 0.3) is 0 Å². The molecule has 1 aliphatic heterocycles. The minimum atomic E-state index is 0.320. The molecule has 4 fully saturated rings. The molecule has 4 aliphatic carbocycles. The van der Waals surface area contributed by atoms with Crippen molar-refractivity contribution in [3.05, 3.63) is 11.6 Å². The zero-order valence-corrected chi connectivity index (χ0v) is 20.6. The SMILES string of the molecule is CC12CCC(=O)C=C1CCC1[C@@H]2CCC2(C)[C@@H](C(C)(C)C3SCCCS3)CC[C@@H]12. The largest absolute Gasteiger partial charge is 0.295 e. The van der Waals surface area contributed by atoms with Crippen LogP contribution in [0.5, 0.6) is 0 Å². The topological polar surface area (TPSA) is 17.1 Å². The summed E-state index contributed by atoms with van der Waals surface area (Å²) in [5, 5.41) is 0. The second-order valence-electron chi connectivity index (χ2n) is 11.9. The van der Waals surface area contributed by atoms with Gasteiger partial charge in [-0.1, -0.05) is 33.3 Å². The van der Waals surface area contributed by atoms with Gasteiger partial charge in [-0.05, 0) is 109 Å². The molecule has 1 saturated heterocycles. The van der Waals surface area contributed by atoms with Crippen LogP contribution in [0.1, 0.15) is 85.5 Å². The predicted molar refractivity (Wildman–Crippen MR) is 127 cm³/mol. The minimum absolute atomic E-state index is 0.320. The molecule has 3 unspecified atom stereocenters. The average molecular weight is 433 g/mol. The Labute approximate surface area is 187 Å². The average Bonchev–Trinajstić information content (AvgIpc) is 3.07. The molecule has 0 amide bonds. The monoisotopic (exact) mass is 432 g/mol. The standard InChI is InChI=1S/C26H40OS2/c1-24(2,23-28-14-5-15-29-23)22-9-8-20-19-7-6-17-16-18(27)10-12-25(17,3)21(19)11-13-26(20,22)4/h16,19-23H,5-15H2,1-4H3/t19?,20-,21-,22+,25?,26?/m0/s1. The highest BCUT2D eigenvalue weighted by Gasteiger charge is 2.61. The third-order valence-electron chi connectivity index (χ3n) is 10.3. The summed E-state index contributed by atoms with van der Waals surface area (Å²) < 4.78 is 0.789. The minimum Gasteiger partial charge on any atom is -0.295 e. The van der Waals surface area contributed by atoms with Crippen LogP contribution >= 0.6 is 23.5 Å². The normalized spacial score (nSPS) is 45.9. The van der Waals surface area contributed by atoms with Crippen molar-refractivity contribution in [2.75, 3.05) is 11.5 Å². The van der Waals surface area contributed by atoms with Crippen LogP contribution in [-0.2, 0) is 4.79 Å². The van der Waals surface area contributed by atoms with Crippen molar-refractivity contribution in [1.29, 1.82) is 0 Å². The van der Waals surface area contributed by atoms with Crippen LogP contribution in [0.2, 0.25) is 0 Å². The molecule has 3 saturated carbocycles. The maximum absolute atomic E-state index is 12.1. The smallest absolute Gasteiger partial charge is 0.155 e. The van der Waals surface area contributed by atoms with Gasteiger partial charge in [0.2, 0.25) is 0 Å². The van der Waals surface area contributed by atoms with E-state index in [0.717, 1.165) is 41.1 Å². The summed E-state index contributed by atoms with van der Waals surface area (Å²) in [5.74, 6) is 6.64. The van der Waals surface area contributed by atoms with Crippen molar-refractivity contribution in [3.63, 3.8) is 0 Å². The molecule has 0 N–H and O–H groups in total. The third-order valence-corrected chi connectivity index (χ3v) is 14.0. The van der Waals surface area contributed by atoms with Gasteiger partial charge in [0, 0.05) is 6.42 Å². The molecule has 5 aliphatic rings. The van der Waals surface area contributed by atoms with Gasteiger partial charge in [0.1, 0.15) is 0 Å². The highest BCUT2D eigenvalue weighted by molar-refractivity contribution is 8.17. The molecule has 3 heteroatoms. The second-order valence-corrected chi connectivity index (χ2v) is 14.6. The zero-order valence-electron chi connectivity index (χ0n) is 19.0. The third kappa shape index (κ3) is 3.14. The Morgan fingerprint density at radius 3 is 2.48 bits per heavy atom. The summed E-state index contributed by atoms with van der Waals surface area (Å²) in [5.41, 5.74) is 2.81. The van der Waals surface area contributed by atoms with E-state index in [9.17, 15) is 4.79 Å². The number of ketones is 1. The van der Waals surface area contributed by atoms with Gasteiger partial charge in [-0.15, -0.1) is 23.5 Å². The molecule has 6 atom stereocenters. The molecule has 0 radical (unpaired) electrons. The number of carbonyl (C=O) groups excluding carboxylic acids is 1. The Hall–Kier alpha value is 0.110. The highest BCUT2D eigenvalue weighted by atomic mass is 32.2. The van der Waals surface area contributed by atoms with Crippen LogP contribution < -0.4 is 0 Å². The van der Waals surface area contributed by atoms with Gasteiger partial charge in [0.25, 0.3) is 0 Å². The summed E-state index contributed by atoms with van der Waals surface area (Å²) in [6, 6.07) is 0. The molecule has 162 valence electrons. The Balaban J connectivity index is 1.41. The fraction of sp³-hybridized carbons (Fsp3) is 0.885. The van der Waals surface area contributed by atoms with E-state index in [1.54, 1.807) is 0 Å². The fourth-order valence-electron chi connectivity index (χ4n) is 8.86. The molecule has 0 aromatic rings. The van der Waals surface area contributed by atoms with E-state index < -0.39 is 0 Å². The highest BCUT2D eigenvalue weighted by Crippen LogP contribution is 2.70. The molecule has 0 aromatic carbocycles. The first kappa shape index (κ1) is 21.0. The van der Waals surface area contributed by atoms with Crippen molar-refractivity contribution in [1.82, 2.24) is 0 Å². The predicted octanol–water partition coefficient (Wildman–Crippen LogP) is 7.36. The van der Waals surface area contributed by atoms with Crippen LogP contribution in [0.15, 0.2) is 11.6 Å². The van der Waals surface area contributed by atoms with Crippen LogP contribution in [0, 0.1) is 39.9 Å². The number of hydrogen-bond donors (Lipinski definition) is 0. The first-order valence-corrected chi connectivity index (χ1v) is 14.3. The van der Waals surface area contributed by atoms with E-state index in [2.05, 4.69) is 57.3 Å². The molecule has 0 aromatic heterocycles. The van der Waals surface area contributed by atoms with Crippen LogP contribution in [-0.4, -0.2) is 21.9 Å². The Morgan fingerprint density at radius 1 is 0.966 bits per heavy atom. The quantitative estimate of drug-likeness (QED) is 0.454. The molecule has 29 heavy (non-hydrogen) atoms. The van der Waals surface area contributed by atoms with Gasteiger partial charge in [-0.2, -0.15) is 0 Å². The summed E-state index contributed by atoms with van der Waals surface area (Å²) in [6.45, 7) is 10.5. The Kier molecular flexibility index (Phi) is 5.30. The number of allylic oxidation sites excluding steroid dienone is 1. The van der Waals surface area contributed by atoms with Gasteiger partial charge in [-0.25, -0.2) is 0 Å². The number of carbonyl (C=O) groups is 1. The molecule has 0 spiro atoms. The number of rotatable bonds is 2. The zero-order chi connectivity index (χ0) is 20.4. The van der Waals surface area contributed by atoms with Crippen molar-refractivity contribution in [2.45, 2.75) is 90.1 Å². The maximum Gasteiger partial charge on any atom is 0.155 e. The number of thioether (sulfide) groups is 2. The van der Waals surface area contributed by atoms with E-state index >= 15 is 0 Å².